The standard InChI is InChI=1S/C22H34N2O6/c1-14(2)19(20(27)29-6)24-18(26)13-17(25)16(12-15-10-8-7-9-11-15)23-21(28)30-22(3,4)5/h7-11,14,16-17,19,25H,12-13H2,1-6H3,(H,23,28)(H,24,26)/t16-,17-,19-/m0/s1. The Bertz CT molecular complexity index is 699. The number of amides is 2. The smallest absolute Gasteiger partial charge is 0.407 e. The summed E-state index contributed by atoms with van der Waals surface area (Å²) in [5.74, 6) is -1.25. The number of alkyl carbamates (subject to hydrolysis) is 1. The third-order valence-corrected chi connectivity index (χ3v) is 4.30. The van der Waals surface area contributed by atoms with Crippen LogP contribution >= 0.6 is 0 Å². The van der Waals surface area contributed by atoms with Crippen LogP contribution in [-0.2, 0) is 25.5 Å². The maximum Gasteiger partial charge on any atom is 0.407 e. The minimum Gasteiger partial charge on any atom is -0.467 e. The molecule has 2 amide bonds. The molecule has 8 heteroatoms. The molecule has 1 rings (SSSR count). The number of nitrogens with one attached hydrogen (secondary N) is 2. The number of aliphatic hydroxyl groups is 1. The lowest BCUT2D eigenvalue weighted by Crippen LogP contribution is -2.50. The van der Waals surface area contributed by atoms with Crippen LogP contribution in [0, 0.1) is 5.92 Å². The van der Waals surface area contributed by atoms with E-state index in [1.54, 1.807) is 34.6 Å². The molecule has 3 N–H and O–H groups in total. The fraction of sp³-hybridized carbons (Fsp3) is 0.591. The largest absolute Gasteiger partial charge is 0.467 e. The highest BCUT2D eigenvalue weighted by Crippen LogP contribution is 2.12. The van der Waals surface area contributed by atoms with E-state index in [2.05, 4.69) is 10.6 Å². The number of carbonyl (C=O) groups excluding carboxylic acids is 3. The van der Waals surface area contributed by atoms with Gasteiger partial charge in [0.1, 0.15) is 11.6 Å². The molecule has 0 fully saturated rings. The number of hydrogen-bond acceptors (Lipinski definition) is 6. The van der Waals surface area contributed by atoms with Crippen LogP contribution in [-0.4, -0.2) is 54.0 Å². The Morgan fingerprint density at radius 1 is 1.07 bits per heavy atom. The number of benzene rings is 1. The summed E-state index contributed by atoms with van der Waals surface area (Å²) in [6.45, 7) is 8.77. The summed E-state index contributed by atoms with van der Waals surface area (Å²) in [6.07, 6.45) is -1.87. The quantitative estimate of drug-likeness (QED) is 0.526. The summed E-state index contributed by atoms with van der Waals surface area (Å²) in [4.78, 5) is 36.5. The van der Waals surface area contributed by atoms with Crippen molar-refractivity contribution in [3.05, 3.63) is 35.9 Å². The predicted octanol–water partition coefficient (Wildman–Crippen LogP) is 2.19. The minimum absolute atomic E-state index is 0.182. The van der Waals surface area contributed by atoms with E-state index in [-0.39, 0.29) is 12.3 Å². The maximum absolute atomic E-state index is 12.4. The van der Waals surface area contributed by atoms with Gasteiger partial charge in [-0.25, -0.2) is 9.59 Å². The summed E-state index contributed by atoms with van der Waals surface area (Å²) in [5.41, 5.74) is 0.182. The van der Waals surface area contributed by atoms with E-state index in [0.29, 0.717) is 6.42 Å². The van der Waals surface area contributed by atoms with E-state index in [1.165, 1.54) is 7.11 Å². The molecule has 0 saturated carbocycles. The van der Waals surface area contributed by atoms with Crippen LogP contribution in [0.15, 0.2) is 30.3 Å². The van der Waals surface area contributed by atoms with Crippen molar-refractivity contribution in [2.45, 2.75) is 71.2 Å². The molecule has 1 aromatic carbocycles. The molecular formula is C22H34N2O6. The van der Waals surface area contributed by atoms with Gasteiger partial charge in [0, 0.05) is 0 Å². The van der Waals surface area contributed by atoms with Gasteiger partial charge >= 0.3 is 12.1 Å². The van der Waals surface area contributed by atoms with Crippen molar-refractivity contribution in [1.82, 2.24) is 10.6 Å². The number of rotatable bonds is 9. The van der Waals surface area contributed by atoms with E-state index in [4.69, 9.17) is 9.47 Å². The van der Waals surface area contributed by atoms with Crippen LogP contribution in [0.1, 0.15) is 46.6 Å². The second-order valence-electron chi connectivity index (χ2n) is 8.53. The monoisotopic (exact) mass is 422 g/mol. The number of methoxy groups -OCH3 is 1. The molecule has 0 radical (unpaired) electrons. The third kappa shape index (κ3) is 9.26. The second kappa shape index (κ2) is 11.5. The molecular weight excluding hydrogens is 388 g/mol. The van der Waals surface area contributed by atoms with Gasteiger partial charge in [0.05, 0.1) is 25.7 Å². The van der Waals surface area contributed by atoms with E-state index in [1.807, 2.05) is 30.3 Å². The van der Waals surface area contributed by atoms with Crippen molar-refractivity contribution in [2.75, 3.05) is 7.11 Å². The summed E-state index contributed by atoms with van der Waals surface area (Å²) in [7, 11) is 1.25. The molecule has 0 bridgehead atoms. The zero-order chi connectivity index (χ0) is 22.9. The van der Waals surface area contributed by atoms with Crippen LogP contribution in [0.2, 0.25) is 0 Å². The normalized spacial score (nSPS) is 14.4. The Morgan fingerprint density at radius 3 is 2.17 bits per heavy atom. The molecule has 0 spiro atoms. The molecule has 8 nitrogen and oxygen atoms in total. The third-order valence-electron chi connectivity index (χ3n) is 4.30. The first-order valence-corrected chi connectivity index (χ1v) is 10.0. The molecule has 0 saturated heterocycles. The van der Waals surface area contributed by atoms with Crippen molar-refractivity contribution in [2.24, 2.45) is 5.92 Å². The zero-order valence-electron chi connectivity index (χ0n) is 18.6. The van der Waals surface area contributed by atoms with Gasteiger partial charge in [0.15, 0.2) is 0 Å². The lowest BCUT2D eigenvalue weighted by Gasteiger charge is -2.27. The molecule has 1 aromatic rings. The number of esters is 1. The summed E-state index contributed by atoms with van der Waals surface area (Å²) >= 11 is 0. The molecule has 168 valence electrons. The van der Waals surface area contributed by atoms with Crippen LogP contribution in [0.4, 0.5) is 4.79 Å². The molecule has 0 unspecified atom stereocenters. The molecule has 0 aliphatic rings. The van der Waals surface area contributed by atoms with Gasteiger partial charge in [-0.2, -0.15) is 0 Å². The Morgan fingerprint density at radius 2 is 1.67 bits per heavy atom. The van der Waals surface area contributed by atoms with E-state index in [9.17, 15) is 19.5 Å². The van der Waals surface area contributed by atoms with Gasteiger partial charge in [0.2, 0.25) is 5.91 Å². The number of hydrogen-bond donors (Lipinski definition) is 3. The number of aliphatic hydroxyl groups excluding tert-OH is 1. The Labute approximate surface area is 178 Å². The summed E-state index contributed by atoms with van der Waals surface area (Å²) in [6, 6.07) is 7.71. The molecule has 30 heavy (non-hydrogen) atoms. The number of ether oxygens (including phenoxy) is 2. The van der Waals surface area contributed by atoms with Crippen molar-refractivity contribution < 1.29 is 29.0 Å². The Balaban J connectivity index is 2.87. The molecule has 0 aliphatic carbocycles. The predicted molar refractivity (Wildman–Crippen MR) is 113 cm³/mol. The van der Waals surface area contributed by atoms with E-state index in [0.717, 1.165) is 5.56 Å². The van der Waals surface area contributed by atoms with Gasteiger partial charge in [-0.15, -0.1) is 0 Å². The highest BCUT2D eigenvalue weighted by atomic mass is 16.6. The van der Waals surface area contributed by atoms with Crippen LogP contribution in [0.25, 0.3) is 0 Å². The topological polar surface area (TPSA) is 114 Å². The second-order valence-corrected chi connectivity index (χ2v) is 8.53. The SMILES string of the molecule is COC(=O)[C@@H](NC(=O)C[C@H](O)[C@H](Cc1ccccc1)NC(=O)OC(C)(C)C)C(C)C. The van der Waals surface area contributed by atoms with E-state index >= 15 is 0 Å². The van der Waals surface area contributed by atoms with E-state index < -0.39 is 41.8 Å². The van der Waals surface area contributed by atoms with Gasteiger partial charge < -0.3 is 25.2 Å². The van der Waals surface area contributed by atoms with Crippen LogP contribution < -0.4 is 10.6 Å². The minimum atomic E-state index is -1.19. The van der Waals surface area contributed by atoms with Gasteiger partial charge in [0.25, 0.3) is 0 Å². The Hall–Kier alpha value is -2.61. The lowest BCUT2D eigenvalue weighted by atomic mass is 9.98. The highest BCUT2D eigenvalue weighted by Gasteiger charge is 2.29. The average Bonchev–Trinajstić information content (AvgIpc) is 2.64. The lowest BCUT2D eigenvalue weighted by molar-refractivity contribution is -0.146. The highest BCUT2D eigenvalue weighted by molar-refractivity contribution is 5.84. The van der Waals surface area contributed by atoms with Crippen LogP contribution in [0.5, 0.6) is 0 Å². The fourth-order valence-corrected chi connectivity index (χ4v) is 2.80. The van der Waals surface area contributed by atoms with Gasteiger partial charge in [-0.05, 0) is 38.7 Å². The molecule has 0 aliphatic heterocycles. The number of carbonyl (C=O) groups is 3. The van der Waals surface area contributed by atoms with Crippen LogP contribution in [0.3, 0.4) is 0 Å². The molecule has 0 aromatic heterocycles. The molecule has 0 heterocycles. The van der Waals surface area contributed by atoms with Crippen molar-refractivity contribution in [1.29, 1.82) is 0 Å². The van der Waals surface area contributed by atoms with Crippen molar-refractivity contribution in [3.8, 4) is 0 Å². The fourth-order valence-electron chi connectivity index (χ4n) is 2.80. The first-order valence-electron chi connectivity index (χ1n) is 10.0. The summed E-state index contributed by atoms with van der Waals surface area (Å²) in [5, 5.41) is 15.9. The van der Waals surface area contributed by atoms with Gasteiger partial charge in [-0.3, -0.25) is 4.79 Å². The van der Waals surface area contributed by atoms with Crippen molar-refractivity contribution >= 4 is 18.0 Å². The average molecular weight is 423 g/mol. The maximum atomic E-state index is 12.4. The first kappa shape index (κ1) is 25.4. The van der Waals surface area contributed by atoms with Crippen molar-refractivity contribution in [3.63, 3.8) is 0 Å². The molecule has 3 atom stereocenters. The van der Waals surface area contributed by atoms with Gasteiger partial charge in [-0.1, -0.05) is 44.2 Å². The first-order chi connectivity index (χ1) is 13.9. The Kier molecular flexibility index (Phi) is 9.78. The zero-order valence-corrected chi connectivity index (χ0v) is 18.6. The summed E-state index contributed by atoms with van der Waals surface area (Å²) < 4.78 is 10.00.